The first kappa shape index (κ1) is 11.3. The fourth-order valence-electron chi connectivity index (χ4n) is 0.859. The summed E-state index contributed by atoms with van der Waals surface area (Å²) >= 11 is 5.59. The highest BCUT2D eigenvalue weighted by Crippen LogP contribution is 2.15. The van der Waals surface area contributed by atoms with Crippen molar-refractivity contribution in [2.75, 3.05) is 18.6 Å². The Kier molecular flexibility index (Phi) is 4.16. The van der Waals surface area contributed by atoms with Gasteiger partial charge in [-0.2, -0.15) is 0 Å². The summed E-state index contributed by atoms with van der Waals surface area (Å²) in [6.45, 7) is 0.365. The van der Waals surface area contributed by atoms with Crippen LogP contribution < -0.4 is 5.32 Å². The van der Waals surface area contributed by atoms with Gasteiger partial charge in [-0.3, -0.25) is 9.00 Å². The summed E-state index contributed by atoms with van der Waals surface area (Å²) in [5.41, 5.74) is 0.300. The van der Waals surface area contributed by atoms with Gasteiger partial charge in [-0.25, -0.2) is 0 Å². The molecule has 0 bridgehead atoms. The van der Waals surface area contributed by atoms with Crippen LogP contribution in [0.25, 0.3) is 0 Å². The minimum Gasteiger partial charge on any atom is -0.452 e. The Hall–Kier alpha value is -0.810. The van der Waals surface area contributed by atoms with Crippen molar-refractivity contribution in [2.24, 2.45) is 0 Å². The summed E-state index contributed by atoms with van der Waals surface area (Å²) in [6.07, 6.45) is 2.92. The van der Waals surface area contributed by atoms with Gasteiger partial charge in [0.05, 0.1) is 11.8 Å². The standard InChI is InChI=1S/C8H10ClNO3S/c1-14(12)5-3-10-8(11)6-2-4-13-7(6)9/h2,4H,3,5H2,1H3,(H,10,11). The van der Waals surface area contributed by atoms with E-state index in [9.17, 15) is 9.00 Å². The molecule has 4 nitrogen and oxygen atoms in total. The van der Waals surface area contributed by atoms with Crippen molar-refractivity contribution in [3.63, 3.8) is 0 Å². The highest BCUT2D eigenvalue weighted by atomic mass is 35.5. The van der Waals surface area contributed by atoms with Crippen LogP contribution in [0.15, 0.2) is 16.7 Å². The molecule has 1 aromatic rings. The molecule has 1 rings (SSSR count). The van der Waals surface area contributed by atoms with Gasteiger partial charge in [0.2, 0.25) is 5.22 Å². The van der Waals surface area contributed by atoms with E-state index in [1.54, 1.807) is 6.26 Å². The lowest BCUT2D eigenvalue weighted by Crippen LogP contribution is -2.27. The van der Waals surface area contributed by atoms with E-state index in [-0.39, 0.29) is 11.1 Å². The number of carbonyl (C=O) groups excluding carboxylic acids is 1. The second-order valence-corrected chi connectivity index (χ2v) is 4.54. The van der Waals surface area contributed by atoms with Crippen LogP contribution in [0.4, 0.5) is 0 Å². The average molecular weight is 236 g/mol. The topological polar surface area (TPSA) is 59.3 Å². The van der Waals surface area contributed by atoms with E-state index in [4.69, 9.17) is 16.0 Å². The summed E-state index contributed by atoms with van der Waals surface area (Å²) in [7, 11) is -0.905. The van der Waals surface area contributed by atoms with E-state index in [1.807, 2.05) is 0 Å². The Morgan fingerprint density at radius 2 is 2.43 bits per heavy atom. The third kappa shape index (κ3) is 3.16. The number of hydrogen-bond acceptors (Lipinski definition) is 3. The number of amides is 1. The lowest BCUT2D eigenvalue weighted by molar-refractivity contribution is 0.0955. The van der Waals surface area contributed by atoms with E-state index >= 15 is 0 Å². The van der Waals surface area contributed by atoms with Crippen molar-refractivity contribution in [1.29, 1.82) is 0 Å². The predicted molar refractivity (Wildman–Crippen MR) is 55.0 cm³/mol. The number of furan rings is 1. The van der Waals surface area contributed by atoms with Gasteiger partial charge in [-0.05, 0) is 17.7 Å². The van der Waals surface area contributed by atoms with Gasteiger partial charge in [0.1, 0.15) is 0 Å². The summed E-state index contributed by atoms with van der Waals surface area (Å²) < 4.78 is 15.5. The van der Waals surface area contributed by atoms with E-state index in [1.165, 1.54) is 12.3 Å². The third-order valence-corrected chi connectivity index (χ3v) is 2.61. The molecule has 0 spiro atoms. The molecular formula is C8H10ClNO3S. The molecule has 1 aromatic heterocycles. The lowest BCUT2D eigenvalue weighted by Gasteiger charge is -2.01. The molecule has 1 amide bonds. The van der Waals surface area contributed by atoms with Gasteiger partial charge < -0.3 is 9.73 Å². The lowest BCUT2D eigenvalue weighted by atomic mass is 10.3. The molecule has 0 aliphatic carbocycles. The zero-order chi connectivity index (χ0) is 10.6. The van der Waals surface area contributed by atoms with E-state index in [0.29, 0.717) is 17.9 Å². The second-order valence-electron chi connectivity index (χ2n) is 2.64. The monoisotopic (exact) mass is 235 g/mol. The Labute approximate surface area is 89.1 Å². The van der Waals surface area contributed by atoms with Crippen LogP contribution in [0.2, 0.25) is 5.22 Å². The van der Waals surface area contributed by atoms with E-state index in [0.717, 1.165) is 0 Å². The molecule has 0 fully saturated rings. The largest absolute Gasteiger partial charge is 0.452 e. The quantitative estimate of drug-likeness (QED) is 0.849. The average Bonchev–Trinajstić information content (AvgIpc) is 2.50. The minimum atomic E-state index is -0.905. The predicted octanol–water partition coefficient (Wildman–Crippen LogP) is 1.04. The van der Waals surface area contributed by atoms with E-state index < -0.39 is 10.8 Å². The van der Waals surface area contributed by atoms with Crippen molar-refractivity contribution in [1.82, 2.24) is 5.32 Å². The van der Waals surface area contributed by atoms with Crippen LogP contribution in [0, 0.1) is 0 Å². The first-order chi connectivity index (χ1) is 6.61. The van der Waals surface area contributed by atoms with Crippen LogP contribution in [-0.2, 0) is 10.8 Å². The smallest absolute Gasteiger partial charge is 0.256 e. The molecule has 0 saturated heterocycles. The maximum absolute atomic E-state index is 11.4. The normalized spacial score (nSPS) is 12.4. The highest BCUT2D eigenvalue weighted by molar-refractivity contribution is 7.84. The van der Waals surface area contributed by atoms with Crippen LogP contribution in [0.1, 0.15) is 10.4 Å². The van der Waals surface area contributed by atoms with Gasteiger partial charge in [-0.15, -0.1) is 0 Å². The number of hydrogen-bond donors (Lipinski definition) is 1. The third-order valence-electron chi connectivity index (χ3n) is 1.54. The summed E-state index contributed by atoms with van der Waals surface area (Å²) in [5, 5.41) is 2.65. The zero-order valence-corrected chi connectivity index (χ0v) is 9.15. The van der Waals surface area contributed by atoms with Crippen molar-refractivity contribution in [3.05, 3.63) is 23.1 Å². The molecule has 0 saturated carbocycles. The van der Waals surface area contributed by atoms with Crippen LogP contribution >= 0.6 is 11.6 Å². The van der Waals surface area contributed by atoms with Gasteiger partial charge in [0, 0.05) is 29.4 Å². The number of rotatable bonds is 4. The van der Waals surface area contributed by atoms with Crippen molar-refractivity contribution >= 4 is 28.3 Å². The molecular weight excluding hydrogens is 226 g/mol. The minimum absolute atomic E-state index is 0.0696. The van der Waals surface area contributed by atoms with Crippen LogP contribution in [0.3, 0.4) is 0 Å². The molecule has 0 aliphatic heterocycles. The van der Waals surface area contributed by atoms with Crippen molar-refractivity contribution in [2.45, 2.75) is 0 Å². The van der Waals surface area contributed by atoms with Crippen LogP contribution in [0.5, 0.6) is 0 Å². The molecule has 1 heterocycles. The van der Waals surface area contributed by atoms with E-state index in [2.05, 4.69) is 5.32 Å². The molecule has 1 unspecified atom stereocenters. The summed E-state index contributed by atoms with van der Waals surface area (Å²) in [5.74, 6) is 0.121. The number of halogens is 1. The first-order valence-electron chi connectivity index (χ1n) is 3.92. The molecule has 0 radical (unpaired) electrons. The fourth-order valence-corrected chi connectivity index (χ4v) is 1.45. The Morgan fingerprint density at radius 1 is 1.71 bits per heavy atom. The molecule has 14 heavy (non-hydrogen) atoms. The fraction of sp³-hybridized carbons (Fsp3) is 0.375. The molecule has 1 N–H and O–H groups in total. The van der Waals surface area contributed by atoms with Gasteiger partial charge >= 0.3 is 0 Å². The zero-order valence-electron chi connectivity index (χ0n) is 7.58. The van der Waals surface area contributed by atoms with Crippen LogP contribution in [-0.4, -0.2) is 28.7 Å². The summed E-state index contributed by atoms with van der Waals surface area (Å²) in [4.78, 5) is 11.4. The second kappa shape index (κ2) is 5.17. The van der Waals surface area contributed by atoms with Gasteiger partial charge in [0.15, 0.2) is 0 Å². The van der Waals surface area contributed by atoms with Gasteiger partial charge in [0.25, 0.3) is 5.91 Å². The molecule has 6 heteroatoms. The Bertz CT molecular complexity index is 350. The number of carbonyl (C=O) groups is 1. The molecule has 1 atom stereocenters. The Balaban J connectivity index is 2.44. The SMILES string of the molecule is CS(=O)CCNC(=O)c1ccoc1Cl. The maximum Gasteiger partial charge on any atom is 0.256 e. The summed E-state index contributed by atoms with van der Waals surface area (Å²) in [6, 6.07) is 1.49. The van der Waals surface area contributed by atoms with Crippen molar-refractivity contribution in [3.8, 4) is 0 Å². The molecule has 0 aromatic carbocycles. The molecule has 0 aliphatic rings. The van der Waals surface area contributed by atoms with Crippen molar-refractivity contribution < 1.29 is 13.4 Å². The Morgan fingerprint density at radius 3 is 2.93 bits per heavy atom. The van der Waals surface area contributed by atoms with Gasteiger partial charge in [-0.1, -0.05) is 0 Å². The first-order valence-corrected chi connectivity index (χ1v) is 6.03. The molecule has 78 valence electrons. The number of nitrogens with one attached hydrogen (secondary N) is 1. The highest BCUT2D eigenvalue weighted by Gasteiger charge is 2.11. The maximum atomic E-state index is 11.4.